The van der Waals surface area contributed by atoms with Gasteiger partial charge in [0.2, 0.25) is 6.41 Å². The number of nitrogens with zero attached hydrogens (tertiary/aromatic N) is 2. The number of carbonyl (C=O) groups excluding carboxylic acids is 1. The molecular weight excluding hydrogens is 394 g/mol. The Labute approximate surface area is 183 Å². The molecule has 2 aromatic rings. The molecule has 0 saturated carbocycles. The summed E-state index contributed by atoms with van der Waals surface area (Å²) < 4.78 is 0. The van der Waals surface area contributed by atoms with Gasteiger partial charge < -0.3 is 10.6 Å². The summed E-state index contributed by atoms with van der Waals surface area (Å²) in [5.74, 6) is 0.410. The lowest BCUT2D eigenvalue weighted by atomic mass is 9.91. The summed E-state index contributed by atoms with van der Waals surface area (Å²) in [6.45, 7) is 5.82. The Morgan fingerprint density at radius 3 is 2.80 bits per heavy atom. The normalized spacial score (nSPS) is 19.5. The second kappa shape index (κ2) is 9.07. The number of anilines is 1. The molecule has 4 nitrogen and oxygen atoms in total. The first-order valence-corrected chi connectivity index (χ1v) is 10.9. The van der Waals surface area contributed by atoms with E-state index in [-0.39, 0.29) is 0 Å². The van der Waals surface area contributed by atoms with Crippen molar-refractivity contribution in [3.8, 4) is 0 Å². The van der Waals surface area contributed by atoms with Gasteiger partial charge in [0.05, 0.1) is 0 Å². The molecule has 4 rings (SSSR count). The molecule has 2 heterocycles. The average molecular weight is 422 g/mol. The lowest BCUT2D eigenvalue weighted by Crippen LogP contribution is -2.31. The Kier molecular flexibility index (Phi) is 6.26. The number of fused-ring (bicyclic) bond motifs is 1. The number of para-hydroxylation sites is 1. The van der Waals surface area contributed by atoms with Crippen LogP contribution in [0.5, 0.6) is 0 Å². The first kappa shape index (κ1) is 20.7. The van der Waals surface area contributed by atoms with Crippen LogP contribution in [0.1, 0.15) is 35.4 Å². The van der Waals surface area contributed by atoms with Crippen molar-refractivity contribution in [2.45, 2.75) is 25.7 Å². The van der Waals surface area contributed by atoms with E-state index in [0.29, 0.717) is 5.92 Å². The van der Waals surface area contributed by atoms with Gasteiger partial charge in [0.25, 0.3) is 0 Å². The van der Waals surface area contributed by atoms with Gasteiger partial charge in [-0.05, 0) is 66.8 Å². The van der Waals surface area contributed by atoms with Crippen molar-refractivity contribution in [3.05, 3.63) is 82.0 Å². The van der Waals surface area contributed by atoms with Crippen LogP contribution in [0.3, 0.4) is 0 Å². The molecule has 30 heavy (non-hydrogen) atoms. The molecule has 0 aliphatic carbocycles. The molecule has 2 N–H and O–H groups in total. The molecule has 1 atom stereocenters. The number of benzene rings is 2. The van der Waals surface area contributed by atoms with Gasteiger partial charge in [0.15, 0.2) is 0 Å². The predicted octanol–water partition coefficient (Wildman–Crippen LogP) is 4.73. The molecule has 5 heteroatoms. The van der Waals surface area contributed by atoms with Gasteiger partial charge in [-0.25, -0.2) is 0 Å². The van der Waals surface area contributed by atoms with Crippen molar-refractivity contribution < 1.29 is 4.79 Å². The minimum absolute atomic E-state index is 0.410. The quantitative estimate of drug-likeness (QED) is 0.686. The van der Waals surface area contributed by atoms with Gasteiger partial charge in [0, 0.05) is 48.0 Å². The Morgan fingerprint density at radius 1 is 1.27 bits per heavy atom. The van der Waals surface area contributed by atoms with Crippen LogP contribution in [0.2, 0.25) is 5.02 Å². The van der Waals surface area contributed by atoms with E-state index in [2.05, 4.69) is 36.1 Å². The Hall–Kier alpha value is -2.56. The fourth-order valence-electron chi connectivity index (χ4n) is 4.67. The molecule has 2 aliphatic rings. The van der Waals surface area contributed by atoms with Crippen molar-refractivity contribution in [1.82, 2.24) is 4.90 Å². The summed E-state index contributed by atoms with van der Waals surface area (Å²) in [5, 5.41) is 0.748. The summed E-state index contributed by atoms with van der Waals surface area (Å²) in [4.78, 5) is 15.7. The van der Waals surface area contributed by atoms with Crippen LogP contribution in [-0.4, -0.2) is 37.5 Å². The number of nitrogens with two attached hydrogens (primary N) is 1. The lowest BCUT2D eigenvalue weighted by molar-refractivity contribution is -0.107. The van der Waals surface area contributed by atoms with E-state index < -0.39 is 0 Å². The van der Waals surface area contributed by atoms with Gasteiger partial charge >= 0.3 is 0 Å². The fraction of sp³-hybridized carbons (Fsp3) is 0.320. The summed E-state index contributed by atoms with van der Waals surface area (Å²) in [6, 6.07) is 14.2. The molecule has 1 unspecified atom stereocenters. The third kappa shape index (κ3) is 4.16. The minimum atomic E-state index is 0.410. The van der Waals surface area contributed by atoms with Gasteiger partial charge in [-0.2, -0.15) is 0 Å². The second-order valence-electron chi connectivity index (χ2n) is 8.12. The SMILES string of the molecule is Cc1cc(Cl)ccc1/C(=C\N)C1=CCN(CCC2CN(C=O)c3ccccc32)CC1. The van der Waals surface area contributed by atoms with E-state index in [9.17, 15) is 4.79 Å². The maximum atomic E-state index is 11.4. The van der Waals surface area contributed by atoms with Crippen LogP contribution in [0, 0.1) is 6.92 Å². The third-order valence-corrected chi connectivity index (χ3v) is 6.54. The number of amides is 1. The molecule has 156 valence electrons. The first-order chi connectivity index (χ1) is 14.6. The molecule has 0 spiro atoms. The van der Waals surface area contributed by atoms with Gasteiger partial charge in [-0.3, -0.25) is 9.69 Å². The summed E-state index contributed by atoms with van der Waals surface area (Å²) in [5.41, 5.74) is 13.1. The topological polar surface area (TPSA) is 49.6 Å². The van der Waals surface area contributed by atoms with E-state index in [1.807, 2.05) is 29.2 Å². The van der Waals surface area contributed by atoms with Crippen LogP contribution in [-0.2, 0) is 4.79 Å². The molecule has 0 saturated heterocycles. The van der Waals surface area contributed by atoms with Crippen molar-refractivity contribution >= 4 is 29.3 Å². The average Bonchev–Trinajstić information content (AvgIpc) is 3.13. The molecule has 0 radical (unpaired) electrons. The van der Waals surface area contributed by atoms with Crippen molar-refractivity contribution in [2.75, 3.05) is 31.1 Å². The zero-order chi connectivity index (χ0) is 21.1. The van der Waals surface area contributed by atoms with Crippen LogP contribution in [0.25, 0.3) is 5.57 Å². The largest absolute Gasteiger partial charge is 0.404 e. The maximum absolute atomic E-state index is 11.4. The number of halogens is 1. The molecule has 2 aromatic carbocycles. The number of aryl methyl sites for hydroxylation is 1. The number of allylic oxidation sites excluding steroid dienone is 1. The summed E-state index contributed by atoms with van der Waals surface area (Å²) >= 11 is 6.11. The minimum Gasteiger partial charge on any atom is -0.404 e. The highest BCUT2D eigenvalue weighted by atomic mass is 35.5. The van der Waals surface area contributed by atoms with Crippen molar-refractivity contribution in [2.24, 2.45) is 5.73 Å². The highest BCUT2D eigenvalue weighted by Crippen LogP contribution is 2.37. The summed E-state index contributed by atoms with van der Waals surface area (Å²) in [6.07, 6.45) is 7.01. The highest BCUT2D eigenvalue weighted by Gasteiger charge is 2.28. The fourth-order valence-corrected chi connectivity index (χ4v) is 4.90. The number of rotatable bonds is 6. The zero-order valence-electron chi connectivity index (χ0n) is 17.4. The summed E-state index contributed by atoms with van der Waals surface area (Å²) in [7, 11) is 0. The second-order valence-corrected chi connectivity index (χ2v) is 8.56. The Balaban J connectivity index is 1.39. The molecule has 1 amide bonds. The number of carbonyl (C=O) groups is 1. The molecule has 0 bridgehead atoms. The van der Waals surface area contributed by atoms with Crippen LogP contribution in [0.4, 0.5) is 5.69 Å². The number of hydrogen-bond donors (Lipinski definition) is 1. The molecule has 2 aliphatic heterocycles. The standard InChI is InChI=1S/C25H28ClN3O/c1-18-14-21(26)6-7-22(18)24(15-27)19-8-11-28(12-9-19)13-10-20-16-29(17-30)25-5-3-2-4-23(20)25/h2-8,14-15,17,20H,9-13,16,27H2,1H3/b24-15-. The first-order valence-electron chi connectivity index (χ1n) is 10.5. The van der Waals surface area contributed by atoms with Crippen LogP contribution < -0.4 is 10.6 Å². The smallest absolute Gasteiger partial charge is 0.214 e. The van der Waals surface area contributed by atoms with E-state index in [0.717, 1.165) is 72.8 Å². The Bertz CT molecular complexity index is 998. The van der Waals surface area contributed by atoms with Gasteiger partial charge in [0.1, 0.15) is 0 Å². The van der Waals surface area contributed by atoms with E-state index in [4.69, 9.17) is 17.3 Å². The Morgan fingerprint density at radius 2 is 2.10 bits per heavy atom. The number of hydrogen-bond acceptors (Lipinski definition) is 3. The lowest BCUT2D eigenvalue weighted by Gasteiger charge is -2.28. The van der Waals surface area contributed by atoms with Gasteiger partial charge in [-0.15, -0.1) is 0 Å². The molecule has 0 fully saturated rings. The van der Waals surface area contributed by atoms with E-state index in [1.54, 1.807) is 6.20 Å². The molecular formula is C25H28ClN3O. The van der Waals surface area contributed by atoms with E-state index in [1.165, 1.54) is 11.1 Å². The van der Waals surface area contributed by atoms with Crippen molar-refractivity contribution in [3.63, 3.8) is 0 Å². The monoisotopic (exact) mass is 421 g/mol. The highest BCUT2D eigenvalue weighted by molar-refractivity contribution is 6.30. The van der Waals surface area contributed by atoms with Gasteiger partial charge in [-0.1, -0.05) is 41.9 Å². The molecule has 0 aromatic heterocycles. The van der Waals surface area contributed by atoms with Crippen molar-refractivity contribution in [1.29, 1.82) is 0 Å². The van der Waals surface area contributed by atoms with Crippen LogP contribution in [0.15, 0.2) is 60.3 Å². The van der Waals surface area contributed by atoms with Crippen LogP contribution >= 0.6 is 11.6 Å². The third-order valence-electron chi connectivity index (χ3n) is 6.31. The zero-order valence-corrected chi connectivity index (χ0v) is 18.1. The predicted molar refractivity (Wildman–Crippen MR) is 125 cm³/mol. The van der Waals surface area contributed by atoms with E-state index >= 15 is 0 Å². The maximum Gasteiger partial charge on any atom is 0.214 e.